The third kappa shape index (κ3) is 8.52. The highest BCUT2D eigenvalue weighted by atomic mass is 79.9. The second kappa shape index (κ2) is 9.57. The number of nitrogens with zero attached hydrogens (tertiary/aromatic N) is 2. The zero-order valence-electron chi connectivity index (χ0n) is 12.3. The molecule has 0 atom stereocenters. The third-order valence-corrected chi connectivity index (χ3v) is 3.03. The summed E-state index contributed by atoms with van der Waals surface area (Å²) in [5.41, 5.74) is 0.466. The van der Waals surface area contributed by atoms with Crippen molar-refractivity contribution >= 4 is 38.9 Å². The first-order valence-corrected chi connectivity index (χ1v) is 7.08. The highest BCUT2D eigenvalue weighted by Crippen LogP contribution is 2.14. The molecule has 0 radical (unpaired) electrons. The number of carbonyl (C=O) groups is 2. The average Bonchev–Trinajstić information content (AvgIpc) is 2.37. The molecule has 3 amide bonds. The molecule has 0 aliphatic rings. The molecule has 8 heteroatoms. The summed E-state index contributed by atoms with van der Waals surface area (Å²) in [4.78, 5) is 23.7. The van der Waals surface area contributed by atoms with Crippen molar-refractivity contribution in [2.45, 2.75) is 6.54 Å². The second-order valence-corrected chi connectivity index (χ2v) is 5.68. The Balaban J connectivity index is 0.000000567. The van der Waals surface area contributed by atoms with Crippen molar-refractivity contribution in [3.8, 4) is 0 Å². The highest BCUT2D eigenvalue weighted by Gasteiger charge is 2.06. The van der Waals surface area contributed by atoms with E-state index in [0.29, 0.717) is 10.0 Å². The molecular formula is C13H18BrClFN3O2. The molecule has 0 saturated heterocycles. The number of hydrogen-bond acceptors (Lipinski definition) is 2. The largest absolute Gasteiger partial charge is 0.335 e. The lowest BCUT2D eigenvalue weighted by molar-refractivity contribution is 0.217. The summed E-state index contributed by atoms with van der Waals surface area (Å²) in [7, 11) is 6.45. The number of nitrogens with one attached hydrogen (secondary N) is 1. The summed E-state index contributed by atoms with van der Waals surface area (Å²) in [5.74, 6) is -0.330. The molecule has 0 bridgehead atoms. The van der Waals surface area contributed by atoms with E-state index >= 15 is 0 Å². The number of amides is 3. The third-order valence-electron chi connectivity index (χ3n) is 2.20. The van der Waals surface area contributed by atoms with Gasteiger partial charge in [0.05, 0.1) is 0 Å². The molecule has 0 saturated carbocycles. The van der Waals surface area contributed by atoms with Gasteiger partial charge in [-0.05, 0) is 23.7 Å². The van der Waals surface area contributed by atoms with Gasteiger partial charge in [0, 0.05) is 44.8 Å². The smallest absolute Gasteiger partial charge is 0.317 e. The molecule has 0 unspecified atom stereocenters. The van der Waals surface area contributed by atoms with Gasteiger partial charge in [-0.3, -0.25) is 4.79 Å². The minimum atomic E-state index is -0.435. The van der Waals surface area contributed by atoms with Crippen molar-refractivity contribution < 1.29 is 14.0 Å². The van der Waals surface area contributed by atoms with E-state index in [1.165, 1.54) is 15.9 Å². The molecule has 0 heterocycles. The Bertz CT molecular complexity index is 498. The van der Waals surface area contributed by atoms with Crippen LogP contribution in [0.4, 0.5) is 14.0 Å². The Morgan fingerprint density at radius 3 is 2.14 bits per heavy atom. The van der Waals surface area contributed by atoms with Crippen molar-refractivity contribution in [3.05, 3.63) is 34.1 Å². The van der Waals surface area contributed by atoms with Crippen LogP contribution in [-0.4, -0.2) is 49.4 Å². The van der Waals surface area contributed by atoms with E-state index in [0.717, 1.165) is 0 Å². The Labute approximate surface area is 137 Å². The first-order chi connectivity index (χ1) is 9.65. The predicted octanol–water partition coefficient (Wildman–Crippen LogP) is 3.27. The van der Waals surface area contributed by atoms with Crippen LogP contribution in [0.25, 0.3) is 0 Å². The molecule has 1 aromatic rings. The summed E-state index contributed by atoms with van der Waals surface area (Å²) in [6, 6.07) is 4.50. The van der Waals surface area contributed by atoms with E-state index < -0.39 is 5.37 Å². The van der Waals surface area contributed by atoms with E-state index in [-0.39, 0.29) is 18.4 Å². The molecule has 0 aromatic heterocycles. The molecule has 0 spiro atoms. The van der Waals surface area contributed by atoms with Crippen molar-refractivity contribution in [2.24, 2.45) is 0 Å². The van der Waals surface area contributed by atoms with Crippen LogP contribution in [0, 0.1) is 5.82 Å². The Morgan fingerprint density at radius 1 is 1.24 bits per heavy atom. The summed E-state index contributed by atoms with van der Waals surface area (Å²) in [6.45, 7) is 0.191. The van der Waals surface area contributed by atoms with Crippen LogP contribution in [-0.2, 0) is 6.54 Å². The number of rotatable bonds is 2. The van der Waals surface area contributed by atoms with Gasteiger partial charge in [-0.25, -0.2) is 9.18 Å². The topological polar surface area (TPSA) is 52.7 Å². The van der Waals surface area contributed by atoms with E-state index in [9.17, 15) is 14.0 Å². The summed E-state index contributed by atoms with van der Waals surface area (Å²) >= 11 is 8.06. The van der Waals surface area contributed by atoms with Gasteiger partial charge in [0.1, 0.15) is 5.82 Å². The monoisotopic (exact) mass is 381 g/mol. The van der Waals surface area contributed by atoms with Crippen molar-refractivity contribution in [1.29, 1.82) is 0 Å². The van der Waals surface area contributed by atoms with Crippen molar-refractivity contribution in [3.63, 3.8) is 0 Å². The van der Waals surface area contributed by atoms with Gasteiger partial charge in [-0.15, -0.1) is 0 Å². The summed E-state index contributed by atoms with van der Waals surface area (Å²) < 4.78 is 14.0. The number of urea groups is 1. The number of halogens is 3. The Kier molecular flexibility index (Phi) is 8.96. The molecule has 118 valence electrons. The minimum Gasteiger partial charge on any atom is -0.335 e. The van der Waals surface area contributed by atoms with Crippen LogP contribution < -0.4 is 5.32 Å². The van der Waals surface area contributed by atoms with Gasteiger partial charge in [0.25, 0.3) is 0 Å². The maximum atomic E-state index is 13.3. The maximum Gasteiger partial charge on any atom is 0.317 e. The van der Waals surface area contributed by atoms with Crippen LogP contribution in [0.2, 0.25) is 0 Å². The zero-order chi connectivity index (χ0) is 16.6. The van der Waals surface area contributed by atoms with E-state index in [4.69, 9.17) is 11.6 Å². The van der Waals surface area contributed by atoms with Gasteiger partial charge < -0.3 is 15.1 Å². The Morgan fingerprint density at radius 2 is 1.76 bits per heavy atom. The second-order valence-electron chi connectivity index (χ2n) is 4.44. The first-order valence-electron chi connectivity index (χ1n) is 5.91. The number of hydrogen-bond donors (Lipinski definition) is 1. The van der Waals surface area contributed by atoms with Gasteiger partial charge in [0.2, 0.25) is 0 Å². The number of benzene rings is 1. The van der Waals surface area contributed by atoms with Crippen molar-refractivity contribution in [1.82, 2.24) is 15.1 Å². The lowest BCUT2D eigenvalue weighted by Gasteiger charge is -2.12. The highest BCUT2D eigenvalue weighted by molar-refractivity contribution is 9.10. The standard InChI is InChI=1S/C10H12BrFN2O.C3H6ClNO/c1-14(2)10(15)13-6-7-3-4-8(11)5-9(7)12;1-5(2)3(4)6/h3-5H,6H2,1-2H3,(H,13,15);1-2H3. The van der Waals surface area contributed by atoms with E-state index in [1.807, 2.05) is 0 Å². The van der Waals surface area contributed by atoms with Crippen LogP contribution in [0.1, 0.15) is 5.56 Å². The maximum absolute atomic E-state index is 13.3. The van der Waals surface area contributed by atoms with Crippen LogP contribution in [0.3, 0.4) is 0 Å². The molecule has 0 fully saturated rings. The molecule has 1 N–H and O–H groups in total. The molecule has 5 nitrogen and oxygen atoms in total. The van der Waals surface area contributed by atoms with Gasteiger partial charge in [-0.1, -0.05) is 22.0 Å². The predicted molar refractivity (Wildman–Crippen MR) is 85.0 cm³/mol. The average molecular weight is 383 g/mol. The van der Waals surface area contributed by atoms with Crippen molar-refractivity contribution in [2.75, 3.05) is 28.2 Å². The fourth-order valence-corrected chi connectivity index (χ4v) is 1.33. The van der Waals surface area contributed by atoms with Crippen LogP contribution in [0.15, 0.2) is 22.7 Å². The normalized spacial score (nSPS) is 9.29. The summed E-state index contributed by atoms with van der Waals surface area (Å²) in [5, 5.41) is 2.16. The summed E-state index contributed by atoms with van der Waals surface area (Å²) in [6.07, 6.45) is 0. The van der Waals surface area contributed by atoms with E-state index in [2.05, 4.69) is 21.2 Å². The van der Waals surface area contributed by atoms with Crippen LogP contribution in [0.5, 0.6) is 0 Å². The lowest BCUT2D eigenvalue weighted by atomic mass is 10.2. The quantitative estimate of drug-likeness (QED) is 0.630. The molecular weight excluding hydrogens is 365 g/mol. The zero-order valence-corrected chi connectivity index (χ0v) is 14.6. The molecule has 1 rings (SSSR count). The van der Waals surface area contributed by atoms with E-state index in [1.54, 1.807) is 40.3 Å². The molecule has 0 aliphatic heterocycles. The van der Waals surface area contributed by atoms with Crippen LogP contribution >= 0.6 is 27.5 Å². The first kappa shape index (κ1) is 19.7. The molecule has 0 aliphatic carbocycles. The number of carbonyl (C=O) groups excluding carboxylic acids is 2. The van der Waals surface area contributed by atoms with Gasteiger partial charge >= 0.3 is 11.4 Å². The van der Waals surface area contributed by atoms with Gasteiger partial charge in [0.15, 0.2) is 0 Å². The molecule has 1 aromatic carbocycles. The van der Waals surface area contributed by atoms with Gasteiger partial charge in [-0.2, -0.15) is 0 Å². The minimum absolute atomic E-state index is 0.191. The fourth-order valence-electron chi connectivity index (χ4n) is 0.994. The lowest BCUT2D eigenvalue weighted by Crippen LogP contribution is -2.34. The SMILES string of the molecule is CN(C)C(=O)Cl.CN(C)C(=O)NCc1ccc(Br)cc1F. The fraction of sp³-hybridized carbons (Fsp3) is 0.385. The Hall–Kier alpha value is -1.34. The molecule has 21 heavy (non-hydrogen) atoms.